The number of alkyl halides is 2. The molecule has 0 bridgehead atoms. The summed E-state index contributed by atoms with van der Waals surface area (Å²) >= 11 is 7.00. The van der Waals surface area contributed by atoms with Crippen molar-refractivity contribution in [2.45, 2.75) is 9.95 Å². The van der Waals surface area contributed by atoms with E-state index in [1.807, 2.05) is 0 Å². The van der Waals surface area contributed by atoms with Crippen molar-refractivity contribution in [3.8, 4) is 0 Å². The first-order valence-electron chi connectivity index (χ1n) is 2.35. The van der Waals surface area contributed by atoms with Crippen LogP contribution in [0.5, 0.6) is 0 Å². The van der Waals surface area contributed by atoms with Gasteiger partial charge in [0, 0.05) is 0 Å². The van der Waals surface area contributed by atoms with Gasteiger partial charge in [0.05, 0.1) is 0 Å². The average Bonchev–Trinajstić information content (AvgIpc) is 1.69. The van der Waals surface area contributed by atoms with Crippen LogP contribution in [-0.2, 0) is 0 Å². The van der Waals surface area contributed by atoms with Gasteiger partial charge in [-0.15, -0.1) is 0 Å². The third-order valence-corrected chi connectivity index (χ3v) is 8.01. The molecule has 0 spiro atoms. The molecule has 3 heteroatoms. The molecule has 0 rings (SSSR count). The quantitative estimate of drug-likeness (QED) is 0.422. The molecule has 0 atom stereocenters. The zero-order valence-corrected chi connectivity index (χ0v) is 9.76. The molecule has 0 N–H and O–H groups in total. The number of halogens is 2. The van der Waals surface area contributed by atoms with Crippen LogP contribution in [0.25, 0.3) is 0 Å². The van der Waals surface area contributed by atoms with E-state index >= 15 is 0 Å². The fourth-order valence-electron chi connectivity index (χ4n) is 0.299. The van der Waals surface area contributed by atoms with Gasteiger partial charge in [-0.25, -0.2) is 0 Å². The van der Waals surface area contributed by atoms with Crippen molar-refractivity contribution in [1.29, 1.82) is 0 Å². The van der Waals surface area contributed by atoms with E-state index in [1.165, 1.54) is 20.6 Å². The number of rotatable bonds is 4. The molecular formula is C4H8Br2Ga. The van der Waals surface area contributed by atoms with Crippen LogP contribution in [0.4, 0.5) is 0 Å². The summed E-state index contributed by atoms with van der Waals surface area (Å²) in [5.74, 6) is 0. The predicted molar refractivity (Wildman–Crippen MR) is 43.0 cm³/mol. The normalized spacial score (nSPS) is 8.86. The van der Waals surface area contributed by atoms with Gasteiger partial charge in [0.25, 0.3) is 0 Å². The molecule has 1 radical (unpaired) electrons. The Bertz CT molecular complexity index is 28.9. The van der Waals surface area contributed by atoms with E-state index in [0.717, 1.165) is 0 Å². The molecule has 0 fully saturated rings. The summed E-state index contributed by atoms with van der Waals surface area (Å²) in [7, 11) is 0. The summed E-state index contributed by atoms with van der Waals surface area (Å²) in [5, 5.41) is 2.44. The Hall–Kier alpha value is 1.60. The molecule has 41 valence electrons. The molecule has 0 nitrogen and oxygen atoms in total. The Labute approximate surface area is 69.5 Å². The Morgan fingerprint density at radius 1 is 1.00 bits per heavy atom. The number of hydrogen-bond acceptors (Lipinski definition) is 0. The van der Waals surface area contributed by atoms with Crippen molar-refractivity contribution in [1.82, 2.24) is 0 Å². The van der Waals surface area contributed by atoms with Crippen LogP contribution in [-0.4, -0.2) is 28.1 Å². The van der Waals surface area contributed by atoms with Gasteiger partial charge < -0.3 is 0 Å². The molecule has 0 aliphatic carbocycles. The fourth-order valence-corrected chi connectivity index (χ4v) is 4.92. The molecule has 0 aromatic rings. The third-order valence-electron chi connectivity index (χ3n) is 0.626. The molecule has 0 saturated heterocycles. The van der Waals surface area contributed by atoms with Crippen molar-refractivity contribution < 1.29 is 0 Å². The van der Waals surface area contributed by atoms with Crippen LogP contribution in [0.15, 0.2) is 0 Å². The molecule has 0 unspecified atom stereocenters. The topological polar surface area (TPSA) is 0 Å². The fraction of sp³-hybridized carbons (Fsp3) is 1.00. The SMILES string of the molecule is BrC[CH2][Ga][CH2]CBr. The van der Waals surface area contributed by atoms with E-state index < -0.39 is 0 Å². The second-order valence-corrected chi connectivity index (χ2v) is 6.46. The molecule has 0 saturated carbocycles. The standard InChI is InChI=1S/2C2H4Br.Ga/c2*1-2-3;/h2*1-2H2;. The molecule has 0 aliphatic rings. The van der Waals surface area contributed by atoms with Crippen molar-refractivity contribution in [3.05, 3.63) is 0 Å². The van der Waals surface area contributed by atoms with Gasteiger partial charge in [-0.3, -0.25) is 0 Å². The van der Waals surface area contributed by atoms with Crippen molar-refractivity contribution in [2.75, 3.05) is 10.7 Å². The Kier molecular flexibility index (Phi) is 9.33. The maximum absolute atomic E-state index is 3.40. The third kappa shape index (κ3) is 7.60. The first kappa shape index (κ1) is 8.60. The van der Waals surface area contributed by atoms with Gasteiger partial charge in [0.1, 0.15) is 0 Å². The minimum absolute atomic E-state index is 0.189. The summed E-state index contributed by atoms with van der Waals surface area (Å²) in [4.78, 5) is 2.93. The molecule has 0 aromatic carbocycles. The van der Waals surface area contributed by atoms with Crippen LogP contribution in [0, 0.1) is 0 Å². The van der Waals surface area contributed by atoms with Gasteiger partial charge in [-0.05, 0) is 0 Å². The zero-order valence-electron chi connectivity index (χ0n) is 4.16. The van der Waals surface area contributed by atoms with E-state index in [0.29, 0.717) is 0 Å². The van der Waals surface area contributed by atoms with Crippen molar-refractivity contribution in [3.63, 3.8) is 0 Å². The summed E-state index contributed by atoms with van der Waals surface area (Å²) in [6.07, 6.45) is 0. The van der Waals surface area contributed by atoms with Crippen molar-refractivity contribution >= 4 is 49.3 Å². The summed E-state index contributed by atoms with van der Waals surface area (Å²) in [6, 6.07) is 0. The van der Waals surface area contributed by atoms with E-state index in [1.54, 1.807) is 0 Å². The van der Waals surface area contributed by atoms with Gasteiger partial charge in [0.2, 0.25) is 0 Å². The molecule has 0 amide bonds. The Balaban J connectivity index is 2.45. The molecule has 7 heavy (non-hydrogen) atoms. The van der Waals surface area contributed by atoms with Crippen LogP contribution in [0.2, 0.25) is 9.95 Å². The summed E-state index contributed by atoms with van der Waals surface area (Å²) in [5.41, 5.74) is 0. The number of hydrogen-bond donors (Lipinski definition) is 0. The van der Waals surface area contributed by atoms with E-state index in [9.17, 15) is 0 Å². The molecule has 0 heterocycles. The molecular weight excluding hydrogens is 278 g/mol. The average molecular weight is 286 g/mol. The van der Waals surface area contributed by atoms with E-state index in [2.05, 4.69) is 31.9 Å². The summed E-state index contributed by atoms with van der Waals surface area (Å²) in [6.45, 7) is 0. The van der Waals surface area contributed by atoms with Gasteiger partial charge in [-0.2, -0.15) is 0 Å². The van der Waals surface area contributed by atoms with Crippen LogP contribution >= 0.6 is 31.9 Å². The second-order valence-electron chi connectivity index (χ2n) is 1.24. The van der Waals surface area contributed by atoms with Crippen molar-refractivity contribution in [2.24, 2.45) is 0 Å². The van der Waals surface area contributed by atoms with Crippen LogP contribution < -0.4 is 0 Å². The van der Waals surface area contributed by atoms with Gasteiger partial charge in [-0.1, -0.05) is 0 Å². The van der Waals surface area contributed by atoms with Gasteiger partial charge in [0.15, 0.2) is 0 Å². The predicted octanol–water partition coefficient (Wildman–Crippen LogP) is 2.32. The zero-order chi connectivity index (χ0) is 5.54. The monoisotopic (exact) mass is 283 g/mol. The van der Waals surface area contributed by atoms with E-state index in [-0.39, 0.29) is 17.4 Å². The minimum atomic E-state index is 0.189. The van der Waals surface area contributed by atoms with Crippen LogP contribution in [0.1, 0.15) is 0 Å². The first-order chi connectivity index (χ1) is 3.41. The maximum atomic E-state index is 3.40. The Morgan fingerprint density at radius 2 is 1.43 bits per heavy atom. The summed E-state index contributed by atoms with van der Waals surface area (Å²) < 4.78 is 0. The molecule has 0 aliphatic heterocycles. The first-order valence-corrected chi connectivity index (χ1v) is 8.02. The second kappa shape index (κ2) is 7.60. The van der Waals surface area contributed by atoms with Crippen LogP contribution in [0.3, 0.4) is 0 Å². The molecule has 0 aromatic heterocycles. The Morgan fingerprint density at radius 3 is 1.71 bits per heavy atom. The van der Waals surface area contributed by atoms with E-state index in [4.69, 9.17) is 0 Å². The van der Waals surface area contributed by atoms with Gasteiger partial charge >= 0.3 is 69.9 Å².